The molecule has 4 nitrogen and oxygen atoms in total. The van der Waals surface area contributed by atoms with E-state index in [1.54, 1.807) is 7.11 Å². The van der Waals surface area contributed by atoms with E-state index in [4.69, 9.17) is 15.9 Å². The monoisotopic (exact) mass is 379 g/mol. The van der Waals surface area contributed by atoms with E-state index in [9.17, 15) is 4.79 Å². The molecule has 5 heteroatoms. The molecule has 0 aliphatic heterocycles. The van der Waals surface area contributed by atoms with E-state index < -0.39 is 11.7 Å². The van der Waals surface area contributed by atoms with Crippen LogP contribution >= 0.6 is 15.9 Å². The van der Waals surface area contributed by atoms with Crippen molar-refractivity contribution in [3.63, 3.8) is 0 Å². The summed E-state index contributed by atoms with van der Waals surface area (Å²) in [5.74, 6) is 2.53. The average molecular weight is 380 g/mol. The number of nitrogens with one attached hydrogen (secondary N) is 1. The van der Waals surface area contributed by atoms with Crippen LogP contribution in [0.3, 0.4) is 0 Å². The first-order chi connectivity index (χ1) is 10.8. The number of carbonyl (C=O) groups is 1. The van der Waals surface area contributed by atoms with Crippen molar-refractivity contribution in [3.8, 4) is 12.3 Å². The van der Waals surface area contributed by atoms with Crippen LogP contribution in [0.2, 0.25) is 0 Å². The van der Waals surface area contributed by atoms with Crippen LogP contribution in [0.5, 0.6) is 0 Å². The molecule has 2 rings (SSSR count). The van der Waals surface area contributed by atoms with Gasteiger partial charge >= 0.3 is 6.09 Å². The van der Waals surface area contributed by atoms with Crippen molar-refractivity contribution < 1.29 is 14.3 Å². The van der Waals surface area contributed by atoms with Crippen molar-refractivity contribution in [2.45, 2.75) is 43.3 Å². The molecule has 1 aliphatic rings. The normalized spacial score (nSPS) is 26.8. The summed E-state index contributed by atoms with van der Waals surface area (Å²) in [5.41, 5.74) is 1.42. The van der Waals surface area contributed by atoms with Crippen molar-refractivity contribution in [1.82, 2.24) is 5.32 Å². The first-order valence-corrected chi connectivity index (χ1v) is 8.41. The Kier molecular flexibility index (Phi) is 5.38. The lowest BCUT2D eigenvalue weighted by molar-refractivity contribution is 0.0445. The van der Waals surface area contributed by atoms with Gasteiger partial charge in [-0.05, 0) is 31.9 Å². The van der Waals surface area contributed by atoms with Gasteiger partial charge in [0, 0.05) is 7.11 Å². The van der Waals surface area contributed by atoms with Gasteiger partial charge in [-0.2, -0.15) is 0 Å². The topological polar surface area (TPSA) is 47.6 Å². The van der Waals surface area contributed by atoms with Gasteiger partial charge in [-0.3, -0.25) is 0 Å². The predicted molar refractivity (Wildman–Crippen MR) is 93.3 cm³/mol. The molecule has 124 valence electrons. The molecule has 0 saturated heterocycles. The first-order valence-electron chi connectivity index (χ1n) is 7.50. The van der Waals surface area contributed by atoms with Crippen LogP contribution in [0.4, 0.5) is 4.79 Å². The van der Waals surface area contributed by atoms with E-state index in [1.807, 2.05) is 45.0 Å². The summed E-state index contributed by atoms with van der Waals surface area (Å²) >= 11 is 3.64. The van der Waals surface area contributed by atoms with E-state index in [0.717, 1.165) is 11.1 Å². The minimum atomic E-state index is -0.563. The van der Waals surface area contributed by atoms with Crippen molar-refractivity contribution in [3.05, 3.63) is 35.4 Å². The van der Waals surface area contributed by atoms with Gasteiger partial charge in [0.1, 0.15) is 5.60 Å². The molecule has 1 aromatic carbocycles. The van der Waals surface area contributed by atoms with Gasteiger partial charge in [-0.25, -0.2) is 4.79 Å². The number of alkyl carbamates (subject to hydrolysis) is 1. The first kappa shape index (κ1) is 17.8. The van der Waals surface area contributed by atoms with Crippen LogP contribution in [0.25, 0.3) is 0 Å². The number of methoxy groups -OCH3 is 1. The maximum atomic E-state index is 12.2. The molecule has 0 radical (unpaired) electrons. The summed E-state index contributed by atoms with van der Waals surface area (Å²) in [5, 5.41) is 2.92. The van der Waals surface area contributed by atoms with Crippen LogP contribution in [0.1, 0.15) is 44.0 Å². The number of amides is 1. The fourth-order valence-electron chi connectivity index (χ4n) is 2.84. The minimum Gasteiger partial charge on any atom is -0.444 e. The maximum Gasteiger partial charge on any atom is 0.408 e. The number of alkyl halides is 1. The smallest absolute Gasteiger partial charge is 0.408 e. The molecule has 0 spiro atoms. The van der Waals surface area contributed by atoms with Crippen molar-refractivity contribution in [2.24, 2.45) is 5.92 Å². The summed E-state index contributed by atoms with van der Waals surface area (Å²) in [7, 11) is 1.66. The van der Waals surface area contributed by atoms with Gasteiger partial charge in [0.15, 0.2) is 0 Å². The van der Waals surface area contributed by atoms with Gasteiger partial charge in [-0.15, -0.1) is 6.42 Å². The second-order valence-corrected chi connectivity index (χ2v) is 7.60. The van der Waals surface area contributed by atoms with Crippen LogP contribution < -0.4 is 5.32 Å². The standard InChI is InChI=1S/C18H22BrNO3/c1-6-11-14(19)16(22-5)13-10-8-7-9-12(13)15(11)20-17(21)23-18(2,3)4/h1,7-11,14-16H,2-5H3,(H,20,21)/t11-,14-,15-,16-/m1/s1. The third kappa shape index (κ3) is 3.88. The highest BCUT2D eigenvalue weighted by Gasteiger charge is 2.42. The molecular formula is C18H22BrNO3. The third-order valence-electron chi connectivity index (χ3n) is 3.75. The number of terminal acetylenes is 1. The quantitative estimate of drug-likeness (QED) is 0.624. The summed E-state index contributed by atoms with van der Waals surface area (Å²) in [6.45, 7) is 5.48. The van der Waals surface area contributed by atoms with Crippen molar-refractivity contribution in [1.29, 1.82) is 0 Å². The van der Waals surface area contributed by atoms with E-state index in [2.05, 4.69) is 27.2 Å². The van der Waals surface area contributed by atoms with Crippen LogP contribution in [-0.4, -0.2) is 23.6 Å². The van der Waals surface area contributed by atoms with Gasteiger partial charge in [0.25, 0.3) is 0 Å². The van der Waals surface area contributed by atoms with E-state index in [0.29, 0.717) is 0 Å². The Hall–Kier alpha value is -1.51. The van der Waals surface area contributed by atoms with E-state index in [1.165, 1.54) is 0 Å². The molecule has 0 saturated carbocycles. The summed E-state index contributed by atoms with van der Waals surface area (Å²) < 4.78 is 11.0. The number of hydrogen-bond acceptors (Lipinski definition) is 3. The SMILES string of the molecule is C#C[C@@H]1[C@@H](Br)[C@H](OC)c2ccccc2[C@@H]1NC(=O)OC(C)(C)C. The van der Waals surface area contributed by atoms with Gasteiger partial charge in [-0.1, -0.05) is 46.1 Å². The highest BCUT2D eigenvalue weighted by atomic mass is 79.9. The maximum absolute atomic E-state index is 12.2. The molecule has 0 bridgehead atoms. The molecule has 0 heterocycles. The lowest BCUT2D eigenvalue weighted by atomic mass is 9.78. The second-order valence-electron chi connectivity index (χ2n) is 6.55. The van der Waals surface area contributed by atoms with Crippen molar-refractivity contribution >= 4 is 22.0 Å². The van der Waals surface area contributed by atoms with Crippen molar-refractivity contribution in [2.75, 3.05) is 7.11 Å². The summed E-state index contributed by atoms with van der Waals surface area (Å²) in [6, 6.07) is 7.51. The average Bonchev–Trinajstić information content (AvgIpc) is 2.46. The Morgan fingerprint density at radius 3 is 2.43 bits per heavy atom. The molecule has 23 heavy (non-hydrogen) atoms. The lowest BCUT2D eigenvalue weighted by Gasteiger charge is -2.39. The Morgan fingerprint density at radius 1 is 1.30 bits per heavy atom. The molecule has 1 aromatic rings. The molecule has 1 amide bonds. The Balaban J connectivity index is 2.36. The highest BCUT2D eigenvalue weighted by molar-refractivity contribution is 9.09. The zero-order valence-corrected chi connectivity index (χ0v) is 15.4. The number of hydrogen-bond donors (Lipinski definition) is 1. The molecule has 1 N–H and O–H groups in total. The van der Waals surface area contributed by atoms with Gasteiger partial charge in [0.2, 0.25) is 0 Å². The fourth-order valence-corrected chi connectivity index (χ4v) is 3.80. The number of ether oxygens (including phenoxy) is 2. The fraction of sp³-hybridized carbons (Fsp3) is 0.500. The lowest BCUT2D eigenvalue weighted by Crippen LogP contribution is -2.44. The molecule has 0 unspecified atom stereocenters. The highest BCUT2D eigenvalue weighted by Crippen LogP contribution is 2.45. The van der Waals surface area contributed by atoms with Gasteiger partial charge in [0.05, 0.1) is 22.9 Å². The third-order valence-corrected chi connectivity index (χ3v) is 4.80. The Bertz CT molecular complexity index is 617. The Morgan fingerprint density at radius 2 is 1.91 bits per heavy atom. The number of halogens is 1. The molecule has 0 fully saturated rings. The number of fused-ring (bicyclic) bond motifs is 1. The zero-order chi connectivity index (χ0) is 17.2. The summed E-state index contributed by atoms with van der Waals surface area (Å²) in [6.07, 6.45) is 5.09. The Labute approximate surface area is 146 Å². The molecule has 1 aliphatic carbocycles. The molecule has 0 aromatic heterocycles. The van der Waals surface area contributed by atoms with Crippen LogP contribution in [-0.2, 0) is 9.47 Å². The summed E-state index contributed by atoms with van der Waals surface area (Å²) in [4.78, 5) is 12.1. The second kappa shape index (κ2) is 6.94. The number of benzene rings is 1. The number of carbonyl (C=O) groups excluding carboxylic acids is 1. The van der Waals surface area contributed by atoms with E-state index in [-0.39, 0.29) is 22.9 Å². The van der Waals surface area contributed by atoms with E-state index >= 15 is 0 Å². The van der Waals surface area contributed by atoms with Crippen LogP contribution in [0.15, 0.2) is 24.3 Å². The van der Waals surface area contributed by atoms with Crippen LogP contribution in [0, 0.1) is 18.3 Å². The predicted octanol–water partition coefficient (Wildman–Crippen LogP) is 3.97. The molecular weight excluding hydrogens is 358 g/mol. The largest absolute Gasteiger partial charge is 0.444 e. The zero-order valence-electron chi connectivity index (χ0n) is 13.8. The number of rotatable bonds is 2. The van der Waals surface area contributed by atoms with Gasteiger partial charge < -0.3 is 14.8 Å². The minimum absolute atomic E-state index is 0.104. The molecule has 4 atom stereocenters.